The van der Waals surface area contributed by atoms with Crippen molar-refractivity contribution in [3.8, 4) is 33.9 Å². The first kappa shape index (κ1) is 19.0. The molecule has 0 fully saturated rings. The van der Waals surface area contributed by atoms with Crippen molar-refractivity contribution in [1.82, 2.24) is 19.7 Å². The maximum atomic E-state index is 11.3. The van der Waals surface area contributed by atoms with E-state index in [1.54, 1.807) is 12.4 Å². The summed E-state index contributed by atoms with van der Waals surface area (Å²) >= 11 is 0. The Morgan fingerprint density at radius 2 is 1.55 bits per heavy atom. The first-order chi connectivity index (χ1) is 14.0. The normalized spacial score (nSPS) is 11.5. The van der Waals surface area contributed by atoms with Gasteiger partial charge in [0.2, 0.25) is 10.0 Å². The van der Waals surface area contributed by atoms with Crippen LogP contribution < -0.4 is 4.72 Å². The average molecular weight is 404 g/mol. The van der Waals surface area contributed by atoms with Crippen molar-refractivity contribution in [2.24, 2.45) is 0 Å². The van der Waals surface area contributed by atoms with Crippen molar-refractivity contribution in [3.63, 3.8) is 0 Å². The number of imidazole rings is 1. The third-order valence-corrected chi connectivity index (χ3v) is 5.15. The Morgan fingerprint density at radius 1 is 0.862 bits per heavy atom. The van der Waals surface area contributed by atoms with E-state index in [-0.39, 0.29) is 6.54 Å². The fourth-order valence-corrected chi connectivity index (χ4v) is 3.47. The van der Waals surface area contributed by atoms with Crippen molar-refractivity contribution in [2.75, 3.05) is 6.26 Å². The van der Waals surface area contributed by atoms with E-state index in [9.17, 15) is 8.42 Å². The van der Waals surface area contributed by atoms with Gasteiger partial charge in [0.15, 0.2) is 0 Å². The van der Waals surface area contributed by atoms with Gasteiger partial charge in [0, 0.05) is 35.6 Å². The lowest BCUT2D eigenvalue weighted by atomic mass is 10.0. The zero-order valence-corrected chi connectivity index (χ0v) is 16.6. The monoisotopic (exact) mass is 404 g/mol. The second kappa shape index (κ2) is 7.98. The Kier molecular flexibility index (Phi) is 5.24. The van der Waals surface area contributed by atoms with Crippen molar-refractivity contribution < 1.29 is 8.42 Å². The number of hydrogen-bond donors (Lipinski definition) is 2. The smallest absolute Gasteiger partial charge is 0.209 e. The van der Waals surface area contributed by atoms with Crippen LogP contribution in [0.4, 0.5) is 0 Å². The van der Waals surface area contributed by atoms with Gasteiger partial charge in [-0.1, -0.05) is 54.6 Å². The van der Waals surface area contributed by atoms with E-state index in [2.05, 4.69) is 14.7 Å². The molecule has 0 saturated heterocycles. The Bertz CT molecular complexity index is 1200. The highest BCUT2D eigenvalue weighted by molar-refractivity contribution is 7.88. The summed E-state index contributed by atoms with van der Waals surface area (Å²) in [6.07, 6.45) is 4.65. The molecule has 0 amide bonds. The topological polar surface area (TPSA) is 87.7 Å². The first-order valence-corrected chi connectivity index (χ1v) is 11.0. The highest BCUT2D eigenvalue weighted by Gasteiger charge is 2.15. The van der Waals surface area contributed by atoms with Crippen molar-refractivity contribution in [3.05, 3.63) is 84.7 Å². The first-order valence-electron chi connectivity index (χ1n) is 9.09. The summed E-state index contributed by atoms with van der Waals surface area (Å²) in [6.45, 7) is 0.256. The van der Waals surface area contributed by atoms with Gasteiger partial charge in [-0.2, -0.15) is 0 Å². The van der Waals surface area contributed by atoms with E-state index in [0.29, 0.717) is 0 Å². The molecule has 0 atom stereocenters. The number of hydrogen-bond acceptors (Lipinski definition) is 4. The predicted octanol–water partition coefficient (Wildman–Crippen LogP) is 3.85. The fraction of sp³-hybridized carbons (Fsp3) is 0.0909. The van der Waals surface area contributed by atoms with Gasteiger partial charge in [0.05, 0.1) is 17.6 Å². The molecule has 2 aromatic heterocycles. The summed E-state index contributed by atoms with van der Waals surface area (Å²) in [5.74, 6) is 0.787. The number of nitrogens with zero attached hydrogens (tertiary/aromatic N) is 2. The summed E-state index contributed by atoms with van der Waals surface area (Å²) in [6, 6.07) is 21.6. The minimum Gasteiger partial charge on any atom is -0.337 e. The molecule has 0 unspecified atom stereocenters. The molecule has 0 saturated carbocycles. The summed E-state index contributed by atoms with van der Waals surface area (Å²) < 4.78 is 25.1. The van der Waals surface area contributed by atoms with Gasteiger partial charge >= 0.3 is 0 Å². The minimum absolute atomic E-state index is 0.256. The molecule has 2 heterocycles. The van der Waals surface area contributed by atoms with Crippen molar-refractivity contribution in [2.45, 2.75) is 6.54 Å². The summed E-state index contributed by atoms with van der Waals surface area (Å²) in [5.41, 5.74) is 5.56. The highest BCUT2D eigenvalue weighted by Crippen LogP contribution is 2.32. The number of H-pyrrole nitrogens is 1. The van der Waals surface area contributed by atoms with Gasteiger partial charge in [-0.05, 0) is 17.7 Å². The second-order valence-electron chi connectivity index (χ2n) is 6.70. The van der Waals surface area contributed by atoms with E-state index < -0.39 is 10.0 Å². The fourth-order valence-electron chi connectivity index (χ4n) is 3.04. The largest absolute Gasteiger partial charge is 0.337 e. The van der Waals surface area contributed by atoms with Gasteiger partial charge in [-0.25, -0.2) is 18.1 Å². The van der Waals surface area contributed by atoms with E-state index in [4.69, 9.17) is 4.98 Å². The van der Waals surface area contributed by atoms with Gasteiger partial charge < -0.3 is 4.98 Å². The average Bonchev–Trinajstić information content (AvgIpc) is 3.19. The molecular weight excluding hydrogens is 384 g/mol. The maximum absolute atomic E-state index is 11.3. The van der Waals surface area contributed by atoms with Crippen LogP contribution in [0.5, 0.6) is 0 Å². The lowest BCUT2D eigenvalue weighted by Gasteiger charge is -2.06. The minimum atomic E-state index is -3.23. The molecule has 146 valence electrons. The molecule has 2 N–H and O–H groups in total. The number of nitrogens with one attached hydrogen (secondary N) is 2. The molecule has 2 aromatic carbocycles. The van der Waals surface area contributed by atoms with E-state index in [1.807, 2.05) is 66.7 Å². The van der Waals surface area contributed by atoms with Crippen LogP contribution >= 0.6 is 0 Å². The molecule has 0 aliphatic rings. The van der Waals surface area contributed by atoms with Crippen LogP contribution in [0.1, 0.15) is 5.56 Å². The summed E-state index contributed by atoms with van der Waals surface area (Å²) in [5, 5.41) is 0. The molecule has 4 aromatic rings. The predicted molar refractivity (Wildman–Crippen MR) is 114 cm³/mol. The third-order valence-electron chi connectivity index (χ3n) is 4.49. The highest BCUT2D eigenvalue weighted by atomic mass is 32.2. The molecule has 0 aliphatic carbocycles. The molecule has 0 radical (unpaired) electrons. The Morgan fingerprint density at radius 3 is 2.21 bits per heavy atom. The lowest BCUT2D eigenvalue weighted by molar-refractivity contribution is 0.587. The zero-order chi connectivity index (χ0) is 20.3. The number of aromatic amines is 1. The molecule has 4 rings (SSSR count). The molecule has 0 spiro atoms. The van der Waals surface area contributed by atoms with Crippen LogP contribution in [0.25, 0.3) is 33.9 Å². The molecule has 0 bridgehead atoms. The van der Waals surface area contributed by atoms with Crippen molar-refractivity contribution >= 4 is 10.0 Å². The summed E-state index contributed by atoms with van der Waals surface area (Å²) in [4.78, 5) is 12.4. The quantitative estimate of drug-likeness (QED) is 0.511. The van der Waals surface area contributed by atoms with Crippen LogP contribution in [0.2, 0.25) is 0 Å². The number of aromatic nitrogens is 3. The number of sulfonamides is 1. The molecule has 0 aliphatic heterocycles. The van der Waals surface area contributed by atoms with Crippen LogP contribution in [-0.4, -0.2) is 29.6 Å². The molecule has 7 heteroatoms. The standard InChI is InChI=1S/C22H20N4O2S/c1-29(27,28)24-15-16-7-9-17(10-8-16)20-21(18-11-13-23-14-12-18)26-22(25-20)19-5-3-2-4-6-19/h2-14,24H,15H2,1H3,(H,25,26). The summed E-state index contributed by atoms with van der Waals surface area (Å²) in [7, 11) is -3.23. The van der Waals surface area contributed by atoms with Gasteiger partial charge in [0.1, 0.15) is 5.82 Å². The van der Waals surface area contributed by atoms with Gasteiger partial charge in [0.25, 0.3) is 0 Å². The van der Waals surface area contributed by atoms with Crippen LogP contribution in [0, 0.1) is 0 Å². The zero-order valence-electron chi connectivity index (χ0n) is 15.8. The Labute approximate surface area is 169 Å². The Balaban J connectivity index is 1.73. The van der Waals surface area contributed by atoms with Gasteiger partial charge in [-0.15, -0.1) is 0 Å². The Hall–Kier alpha value is -3.29. The number of pyridine rings is 1. The van der Waals surface area contributed by atoms with E-state index in [1.165, 1.54) is 0 Å². The van der Waals surface area contributed by atoms with E-state index in [0.717, 1.165) is 45.7 Å². The van der Waals surface area contributed by atoms with Crippen LogP contribution in [0.15, 0.2) is 79.1 Å². The van der Waals surface area contributed by atoms with E-state index >= 15 is 0 Å². The van der Waals surface area contributed by atoms with Crippen LogP contribution in [0.3, 0.4) is 0 Å². The second-order valence-corrected chi connectivity index (χ2v) is 8.53. The van der Waals surface area contributed by atoms with Gasteiger partial charge in [-0.3, -0.25) is 4.98 Å². The number of rotatable bonds is 6. The van der Waals surface area contributed by atoms with Crippen molar-refractivity contribution in [1.29, 1.82) is 0 Å². The maximum Gasteiger partial charge on any atom is 0.209 e. The number of benzene rings is 2. The lowest BCUT2D eigenvalue weighted by Crippen LogP contribution is -2.21. The van der Waals surface area contributed by atoms with Crippen LogP contribution in [-0.2, 0) is 16.6 Å². The molecular formula is C22H20N4O2S. The SMILES string of the molecule is CS(=O)(=O)NCc1ccc(-c2nc(-c3ccccc3)[nH]c2-c2ccncc2)cc1. The molecule has 29 heavy (non-hydrogen) atoms. The molecule has 6 nitrogen and oxygen atoms in total. The third kappa shape index (κ3) is 4.59.